The third-order valence-corrected chi connectivity index (χ3v) is 3.85. The Balaban J connectivity index is 2.13. The van der Waals surface area contributed by atoms with Gasteiger partial charge in [-0.3, -0.25) is 4.72 Å². The molecular weight excluding hydrogens is 274 g/mol. The van der Waals surface area contributed by atoms with Crippen LogP contribution in [0.4, 0.5) is 5.82 Å². The van der Waals surface area contributed by atoms with Crippen molar-refractivity contribution in [1.82, 2.24) is 4.98 Å². The van der Waals surface area contributed by atoms with Crippen LogP contribution in [-0.4, -0.2) is 13.4 Å². The van der Waals surface area contributed by atoms with Crippen molar-refractivity contribution >= 4 is 15.8 Å². The number of aryl methyl sites for hydroxylation is 1. The van der Waals surface area contributed by atoms with Crippen molar-refractivity contribution in [1.29, 1.82) is 5.26 Å². The molecule has 6 heteroatoms. The van der Waals surface area contributed by atoms with Crippen LogP contribution in [0.25, 0.3) is 0 Å². The molecule has 0 radical (unpaired) electrons. The molecule has 5 nitrogen and oxygen atoms in total. The van der Waals surface area contributed by atoms with Crippen molar-refractivity contribution < 1.29 is 8.42 Å². The number of benzene rings is 1. The first-order valence-corrected chi connectivity index (χ1v) is 7.56. The number of anilines is 1. The highest BCUT2D eigenvalue weighted by Gasteiger charge is 2.12. The van der Waals surface area contributed by atoms with Crippen molar-refractivity contribution in [3.8, 4) is 6.07 Å². The highest BCUT2D eigenvalue weighted by molar-refractivity contribution is 7.91. The van der Waals surface area contributed by atoms with Gasteiger partial charge in [0.05, 0.1) is 17.4 Å². The summed E-state index contributed by atoms with van der Waals surface area (Å²) in [6.45, 7) is 1.86. The third kappa shape index (κ3) is 3.80. The first-order chi connectivity index (χ1) is 9.48. The highest BCUT2D eigenvalue weighted by atomic mass is 32.2. The van der Waals surface area contributed by atoms with Gasteiger partial charge >= 0.3 is 0 Å². The maximum absolute atomic E-state index is 12.0. The Morgan fingerprint density at radius 2 is 1.95 bits per heavy atom. The van der Waals surface area contributed by atoms with Crippen LogP contribution >= 0.6 is 0 Å². The molecule has 1 N–H and O–H groups in total. The summed E-state index contributed by atoms with van der Waals surface area (Å²) >= 11 is 0. The first kappa shape index (κ1) is 14.0. The lowest BCUT2D eigenvalue weighted by Crippen LogP contribution is -2.16. The van der Waals surface area contributed by atoms with E-state index in [0.29, 0.717) is 16.9 Å². The number of aromatic nitrogens is 1. The molecule has 0 aliphatic heterocycles. The van der Waals surface area contributed by atoms with Crippen LogP contribution < -0.4 is 4.72 Å². The predicted molar refractivity (Wildman–Crippen MR) is 76.4 cm³/mol. The average molecular weight is 287 g/mol. The van der Waals surface area contributed by atoms with Crippen molar-refractivity contribution in [2.75, 3.05) is 4.72 Å². The van der Waals surface area contributed by atoms with Gasteiger partial charge in [-0.25, -0.2) is 13.4 Å². The van der Waals surface area contributed by atoms with Gasteiger partial charge in [-0.1, -0.05) is 12.1 Å². The van der Waals surface area contributed by atoms with Crippen LogP contribution in [0.5, 0.6) is 0 Å². The minimum absolute atomic E-state index is 0.158. The maximum Gasteiger partial charge on any atom is 0.238 e. The van der Waals surface area contributed by atoms with Crippen LogP contribution in [0.15, 0.2) is 42.6 Å². The normalized spacial score (nSPS) is 10.8. The summed E-state index contributed by atoms with van der Waals surface area (Å²) in [5.41, 5.74) is 2.04. The molecule has 0 spiro atoms. The number of nitrogens with zero attached hydrogens (tertiary/aromatic N) is 2. The fourth-order valence-electron chi connectivity index (χ4n) is 1.68. The molecule has 0 amide bonds. The number of rotatable bonds is 4. The van der Waals surface area contributed by atoms with Crippen molar-refractivity contribution in [2.45, 2.75) is 12.7 Å². The summed E-state index contributed by atoms with van der Waals surface area (Å²) in [7, 11) is -3.52. The topological polar surface area (TPSA) is 82.8 Å². The fraction of sp³-hybridized carbons (Fsp3) is 0.143. The van der Waals surface area contributed by atoms with Crippen molar-refractivity contribution in [3.05, 3.63) is 59.3 Å². The molecule has 0 fully saturated rings. The molecule has 1 heterocycles. The van der Waals surface area contributed by atoms with Crippen LogP contribution in [-0.2, 0) is 15.8 Å². The maximum atomic E-state index is 12.0. The van der Waals surface area contributed by atoms with Gasteiger partial charge in [-0.05, 0) is 42.3 Å². The number of hydrogen-bond acceptors (Lipinski definition) is 4. The molecule has 2 rings (SSSR count). The Kier molecular flexibility index (Phi) is 4.01. The van der Waals surface area contributed by atoms with Gasteiger partial charge in [0.1, 0.15) is 5.82 Å². The fourth-order valence-corrected chi connectivity index (χ4v) is 2.82. The van der Waals surface area contributed by atoms with E-state index < -0.39 is 10.0 Å². The number of pyridine rings is 1. The van der Waals surface area contributed by atoms with E-state index in [0.717, 1.165) is 5.56 Å². The van der Waals surface area contributed by atoms with E-state index >= 15 is 0 Å². The monoisotopic (exact) mass is 287 g/mol. The summed E-state index contributed by atoms with van der Waals surface area (Å²) in [6.07, 6.45) is 1.55. The van der Waals surface area contributed by atoms with Gasteiger partial charge in [0.15, 0.2) is 0 Å². The smallest absolute Gasteiger partial charge is 0.238 e. The van der Waals surface area contributed by atoms with Crippen molar-refractivity contribution in [3.63, 3.8) is 0 Å². The molecule has 20 heavy (non-hydrogen) atoms. The largest absolute Gasteiger partial charge is 0.267 e. The number of nitriles is 1. The molecule has 1 aromatic heterocycles. The molecule has 0 atom stereocenters. The SMILES string of the molecule is Cc1ccnc(NS(=O)(=O)Cc2ccc(C#N)cc2)c1. The number of sulfonamides is 1. The average Bonchev–Trinajstić information content (AvgIpc) is 2.38. The van der Waals surface area contributed by atoms with Crippen LogP contribution in [0, 0.1) is 18.3 Å². The molecular formula is C14H13N3O2S. The molecule has 0 aliphatic rings. The van der Waals surface area contributed by atoms with Crippen molar-refractivity contribution in [2.24, 2.45) is 0 Å². The van der Waals surface area contributed by atoms with E-state index in [2.05, 4.69) is 9.71 Å². The Morgan fingerprint density at radius 3 is 2.55 bits per heavy atom. The highest BCUT2D eigenvalue weighted by Crippen LogP contribution is 2.12. The zero-order chi connectivity index (χ0) is 14.6. The van der Waals surface area contributed by atoms with Gasteiger partial charge in [-0.2, -0.15) is 5.26 Å². The molecule has 102 valence electrons. The summed E-state index contributed by atoms with van der Waals surface area (Å²) in [5, 5.41) is 8.69. The summed E-state index contributed by atoms with van der Waals surface area (Å²) in [6, 6.07) is 11.9. The zero-order valence-corrected chi connectivity index (χ0v) is 11.7. The molecule has 0 unspecified atom stereocenters. The molecule has 0 bridgehead atoms. The van der Waals surface area contributed by atoms with Gasteiger partial charge in [0.25, 0.3) is 0 Å². The zero-order valence-electron chi connectivity index (χ0n) is 10.9. The van der Waals surface area contributed by atoms with E-state index in [1.54, 1.807) is 42.6 Å². The lowest BCUT2D eigenvalue weighted by Gasteiger charge is -2.07. The second kappa shape index (κ2) is 5.72. The quantitative estimate of drug-likeness (QED) is 0.934. The lowest BCUT2D eigenvalue weighted by molar-refractivity contribution is 0.600. The number of nitrogens with one attached hydrogen (secondary N) is 1. The van der Waals surface area contributed by atoms with Gasteiger partial charge in [0, 0.05) is 6.20 Å². The van der Waals surface area contributed by atoms with Gasteiger partial charge in [0.2, 0.25) is 10.0 Å². The standard InChI is InChI=1S/C14H13N3O2S/c1-11-6-7-16-14(8-11)17-20(18,19)10-13-4-2-12(9-15)3-5-13/h2-8H,10H2,1H3,(H,16,17). The Bertz CT molecular complexity index is 747. The second-order valence-electron chi connectivity index (χ2n) is 4.39. The summed E-state index contributed by atoms with van der Waals surface area (Å²) in [5.74, 6) is 0.146. The van der Waals surface area contributed by atoms with Gasteiger partial charge < -0.3 is 0 Å². The Labute approximate surface area is 118 Å². The van der Waals surface area contributed by atoms with Crippen LogP contribution in [0.3, 0.4) is 0 Å². The van der Waals surface area contributed by atoms with Crippen LogP contribution in [0.2, 0.25) is 0 Å². The van der Waals surface area contributed by atoms with E-state index in [-0.39, 0.29) is 5.75 Å². The molecule has 0 saturated carbocycles. The molecule has 1 aromatic carbocycles. The van der Waals surface area contributed by atoms with Gasteiger partial charge in [-0.15, -0.1) is 0 Å². The molecule has 0 aliphatic carbocycles. The predicted octanol–water partition coefficient (Wildman–Crippen LogP) is 2.20. The molecule has 2 aromatic rings. The first-order valence-electron chi connectivity index (χ1n) is 5.91. The second-order valence-corrected chi connectivity index (χ2v) is 6.11. The lowest BCUT2D eigenvalue weighted by atomic mass is 10.2. The third-order valence-electron chi connectivity index (χ3n) is 2.62. The Morgan fingerprint density at radius 1 is 1.25 bits per heavy atom. The summed E-state index contributed by atoms with van der Waals surface area (Å²) in [4.78, 5) is 3.96. The van der Waals surface area contributed by atoms with E-state index in [1.807, 2.05) is 13.0 Å². The Hall–Kier alpha value is -2.39. The minimum atomic E-state index is -3.52. The van der Waals surface area contributed by atoms with E-state index in [1.165, 1.54) is 0 Å². The number of hydrogen-bond donors (Lipinski definition) is 1. The van der Waals surface area contributed by atoms with E-state index in [9.17, 15) is 8.42 Å². The summed E-state index contributed by atoms with van der Waals surface area (Å²) < 4.78 is 26.5. The minimum Gasteiger partial charge on any atom is -0.267 e. The van der Waals surface area contributed by atoms with E-state index in [4.69, 9.17) is 5.26 Å². The van der Waals surface area contributed by atoms with Crippen LogP contribution in [0.1, 0.15) is 16.7 Å². The molecule has 0 saturated heterocycles.